The molecular weight excluding hydrogens is 444 g/mol. The number of carbonyl (C=O) groups excluding carboxylic acids is 2. The lowest BCUT2D eigenvalue weighted by atomic mass is 10.1. The van der Waals surface area contributed by atoms with Crippen molar-refractivity contribution in [3.63, 3.8) is 0 Å². The molecule has 2 amide bonds. The van der Waals surface area contributed by atoms with Crippen LogP contribution in [0.4, 0.5) is 11.4 Å². The lowest BCUT2D eigenvalue weighted by Crippen LogP contribution is -2.54. The second kappa shape index (κ2) is 8.61. The van der Waals surface area contributed by atoms with Gasteiger partial charge >= 0.3 is 0 Å². The number of aromatic nitrogens is 1. The van der Waals surface area contributed by atoms with Crippen LogP contribution >= 0.6 is 23.8 Å². The average Bonchev–Trinajstić information content (AvgIpc) is 3.22. The summed E-state index contributed by atoms with van der Waals surface area (Å²) in [6.45, 7) is 1.80. The first-order valence-corrected chi connectivity index (χ1v) is 10.7. The molecule has 1 N–H and O–H groups in total. The molecule has 2 aromatic carbocycles. The lowest BCUT2D eigenvalue weighted by Gasteiger charge is -2.30. The third-order valence-electron chi connectivity index (χ3n) is 5.30. The Hall–Kier alpha value is -3.42. The van der Waals surface area contributed by atoms with Crippen molar-refractivity contribution in [1.82, 2.24) is 9.88 Å². The highest BCUT2D eigenvalue weighted by molar-refractivity contribution is 7.80. The second-order valence-corrected chi connectivity index (χ2v) is 8.35. The smallest absolute Gasteiger partial charge is 0.270 e. The number of hydrogen-bond acceptors (Lipinski definition) is 4. The van der Waals surface area contributed by atoms with Gasteiger partial charge in [-0.1, -0.05) is 17.7 Å². The Morgan fingerprint density at radius 1 is 1.03 bits per heavy atom. The predicted molar refractivity (Wildman–Crippen MR) is 132 cm³/mol. The fourth-order valence-corrected chi connectivity index (χ4v) is 3.96. The number of amides is 2. The minimum absolute atomic E-state index is 0.0113. The molecule has 1 aliphatic rings. The van der Waals surface area contributed by atoms with Gasteiger partial charge < -0.3 is 9.47 Å². The Morgan fingerprint density at radius 3 is 2.44 bits per heavy atom. The van der Waals surface area contributed by atoms with Crippen molar-refractivity contribution in [2.75, 3.05) is 23.9 Å². The molecule has 0 bridgehead atoms. The zero-order valence-corrected chi connectivity index (χ0v) is 19.4. The Morgan fingerprint density at radius 2 is 1.75 bits per heavy atom. The van der Waals surface area contributed by atoms with Crippen LogP contribution in [0.2, 0.25) is 5.02 Å². The monoisotopic (exact) mass is 464 g/mol. The third-order valence-corrected chi connectivity index (χ3v) is 5.99. The fourth-order valence-electron chi connectivity index (χ4n) is 3.52. The van der Waals surface area contributed by atoms with E-state index in [1.165, 1.54) is 4.90 Å². The maximum Gasteiger partial charge on any atom is 0.270 e. The van der Waals surface area contributed by atoms with Gasteiger partial charge in [-0.2, -0.15) is 0 Å². The van der Waals surface area contributed by atoms with Crippen LogP contribution in [0.3, 0.4) is 0 Å². The molecule has 162 valence electrons. The van der Waals surface area contributed by atoms with Gasteiger partial charge in [0.15, 0.2) is 5.11 Å². The van der Waals surface area contributed by atoms with Crippen LogP contribution in [0.25, 0.3) is 11.8 Å². The summed E-state index contributed by atoms with van der Waals surface area (Å²) in [7, 11) is 3.96. The maximum atomic E-state index is 13.4. The van der Waals surface area contributed by atoms with Gasteiger partial charge in [0, 0.05) is 42.4 Å². The quantitative estimate of drug-likeness (QED) is 0.354. The topological polar surface area (TPSA) is 57.6 Å². The SMILES string of the molecule is Cc1c(Cl)cccc1N1C(=O)/C(=C/c2cccn2-c2ccc(N(C)C)cc2)C(=O)NC1=S. The Balaban J connectivity index is 1.74. The van der Waals surface area contributed by atoms with E-state index in [4.69, 9.17) is 23.8 Å². The number of anilines is 2. The van der Waals surface area contributed by atoms with Crippen LogP contribution in [-0.2, 0) is 9.59 Å². The van der Waals surface area contributed by atoms with Crippen molar-refractivity contribution in [1.29, 1.82) is 0 Å². The summed E-state index contributed by atoms with van der Waals surface area (Å²) >= 11 is 11.5. The number of rotatable bonds is 4. The van der Waals surface area contributed by atoms with E-state index in [-0.39, 0.29) is 10.7 Å². The average molecular weight is 465 g/mol. The highest BCUT2D eigenvalue weighted by atomic mass is 35.5. The van der Waals surface area contributed by atoms with Crippen molar-refractivity contribution < 1.29 is 9.59 Å². The van der Waals surface area contributed by atoms with Gasteiger partial charge in [0.2, 0.25) is 0 Å². The number of nitrogens with zero attached hydrogens (tertiary/aromatic N) is 3. The molecule has 1 aliphatic heterocycles. The van der Waals surface area contributed by atoms with E-state index in [1.807, 2.05) is 66.2 Å². The standard InChI is InChI=1S/C24H21ClN4O2S/c1-15-20(25)7-4-8-21(15)29-23(31)19(22(30)26-24(29)32)14-18-6-5-13-28(18)17-11-9-16(10-12-17)27(2)3/h4-14H,1-3H3,(H,26,30,32)/b19-14+. The first-order valence-electron chi connectivity index (χ1n) is 9.89. The van der Waals surface area contributed by atoms with Crippen LogP contribution in [0.15, 0.2) is 66.4 Å². The number of thiocarbonyl (C=S) groups is 1. The summed E-state index contributed by atoms with van der Waals surface area (Å²) in [6.07, 6.45) is 3.46. The molecule has 1 saturated heterocycles. The van der Waals surface area contributed by atoms with Crippen molar-refractivity contribution in [2.45, 2.75) is 6.92 Å². The van der Waals surface area contributed by atoms with Crippen molar-refractivity contribution in [2.24, 2.45) is 0 Å². The van der Waals surface area contributed by atoms with Gasteiger partial charge in [-0.15, -0.1) is 0 Å². The Kier molecular flexibility index (Phi) is 5.86. The first kappa shape index (κ1) is 21.8. The van der Waals surface area contributed by atoms with E-state index in [9.17, 15) is 9.59 Å². The first-order chi connectivity index (χ1) is 15.3. The normalized spacial score (nSPS) is 15.3. The summed E-state index contributed by atoms with van der Waals surface area (Å²) in [4.78, 5) is 29.4. The molecule has 6 nitrogen and oxygen atoms in total. The van der Waals surface area contributed by atoms with E-state index in [0.29, 0.717) is 22.0 Å². The molecule has 8 heteroatoms. The number of nitrogens with one attached hydrogen (secondary N) is 1. The molecule has 1 fully saturated rings. The molecule has 0 saturated carbocycles. The Bertz CT molecular complexity index is 1260. The molecule has 0 aliphatic carbocycles. The van der Waals surface area contributed by atoms with Gasteiger partial charge in [-0.05, 0) is 79.3 Å². The minimum atomic E-state index is -0.536. The van der Waals surface area contributed by atoms with Crippen LogP contribution < -0.4 is 15.1 Å². The maximum absolute atomic E-state index is 13.4. The highest BCUT2D eigenvalue weighted by Crippen LogP contribution is 2.30. The number of benzene rings is 2. The molecule has 2 heterocycles. The molecule has 3 aromatic rings. The van der Waals surface area contributed by atoms with E-state index in [1.54, 1.807) is 31.2 Å². The van der Waals surface area contributed by atoms with Gasteiger partial charge in [-0.3, -0.25) is 19.8 Å². The van der Waals surface area contributed by atoms with E-state index in [2.05, 4.69) is 5.32 Å². The molecule has 0 atom stereocenters. The van der Waals surface area contributed by atoms with Crippen molar-refractivity contribution >= 4 is 58.2 Å². The third kappa shape index (κ3) is 3.92. The molecule has 0 spiro atoms. The summed E-state index contributed by atoms with van der Waals surface area (Å²) < 4.78 is 1.91. The number of carbonyl (C=O) groups is 2. The zero-order valence-electron chi connectivity index (χ0n) is 17.8. The zero-order chi connectivity index (χ0) is 23.0. The lowest BCUT2D eigenvalue weighted by molar-refractivity contribution is -0.122. The number of hydrogen-bond donors (Lipinski definition) is 1. The summed E-state index contributed by atoms with van der Waals surface area (Å²) in [5.74, 6) is -1.04. The molecule has 0 unspecified atom stereocenters. The molecule has 32 heavy (non-hydrogen) atoms. The highest BCUT2D eigenvalue weighted by Gasteiger charge is 2.35. The predicted octanol–water partition coefficient (Wildman–Crippen LogP) is 4.34. The van der Waals surface area contributed by atoms with E-state index < -0.39 is 11.8 Å². The summed E-state index contributed by atoms with van der Waals surface area (Å²) in [5, 5.41) is 3.15. The molecule has 1 aromatic heterocycles. The summed E-state index contributed by atoms with van der Waals surface area (Å²) in [5.41, 5.74) is 3.90. The summed E-state index contributed by atoms with van der Waals surface area (Å²) in [6, 6.07) is 16.9. The minimum Gasteiger partial charge on any atom is -0.378 e. The molecule has 4 rings (SSSR count). The van der Waals surface area contributed by atoms with Crippen LogP contribution in [0.5, 0.6) is 0 Å². The number of halogens is 1. The van der Waals surface area contributed by atoms with Crippen molar-refractivity contribution in [3.8, 4) is 5.69 Å². The van der Waals surface area contributed by atoms with Gasteiger partial charge in [0.1, 0.15) is 5.57 Å². The molecular formula is C24H21ClN4O2S. The van der Waals surface area contributed by atoms with Crippen LogP contribution in [-0.4, -0.2) is 35.6 Å². The van der Waals surface area contributed by atoms with Crippen LogP contribution in [0, 0.1) is 6.92 Å². The van der Waals surface area contributed by atoms with Gasteiger partial charge in [0.25, 0.3) is 11.8 Å². The van der Waals surface area contributed by atoms with Crippen molar-refractivity contribution in [3.05, 3.63) is 82.6 Å². The fraction of sp³-hybridized carbons (Fsp3) is 0.125. The van der Waals surface area contributed by atoms with Crippen LogP contribution in [0.1, 0.15) is 11.3 Å². The van der Waals surface area contributed by atoms with E-state index >= 15 is 0 Å². The van der Waals surface area contributed by atoms with Gasteiger partial charge in [0.05, 0.1) is 5.69 Å². The largest absolute Gasteiger partial charge is 0.378 e. The molecule has 0 radical (unpaired) electrons. The van der Waals surface area contributed by atoms with E-state index in [0.717, 1.165) is 11.4 Å². The second-order valence-electron chi connectivity index (χ2n) is 7.56. The Labute approximate surface area is 196 Å². The van der Waals surface area contributed by atoms with Gasteiger partial charge in [-0.25, -0.2) is 0 Å².